The summed E-state index contributed by atoms with van der Waals surface area (Å²) < 4.78 is 0. The van der Waals surface area contributed by atoms with E-state index < -0.39 is 28.2 Å². The van der Waals surface area contributed by atoms with Gasteiger partial charge in [0.25, 0.3) is 11.8 Å². The van der Waals surface area contributed by atoms with Crippen LogP contribution < -0.4 is 4.90 Å². The highest BCUT2D eigenvalue weighted by Crippen LogP contribution is 2.42. The van der Waals surface area contributed by atoms with Crippen LogP contribution in [0.1, 0.15) is 26.3 Å². The lowest BCUT2D eigenvalue weighted by Gasteiger charge is -2.17. The zero-order chi connectivity index (χ0) is 16.0. The van der Waals surface area contributed by atoms with Crippen molar-refractivity contribution in [3.05, 3.63) is 63.2 Å². The molecule has 0 spiro atoms. The Morgan fingerprint density at radius 1 is 1.05 bits per heavy atom. The molecule has 0 aromatic heterocycles. The van der Waals surface area contributed by atoms with Gasteiger partial charge in [0.15, 0.2) is 5.75 Å². The lowest BCUT2D eigenvalue weighted by atomic mass is 10.1. The SMILES string of the molecule is Cc1ccc(O)c([N+](=O)[O-])c1N1C(=O)c2ccccc2C1=O. The van der Waals surface area contributed by atoms with E-state index in [1.54, 1.807) is 12.1 Å². The van der Waals surface area contributed by atoms with Gasteiger partial charge >= 0.3 is 5.69 Å². The van der Waals surface area contributed by atoms with Crippen molar-refractivity contribution in [2.24, 2.45) is 0 Å². The Bertz CT molecular complexity index is 809. The summed E-state index contributed by atoms with van der Waals surface area (Å²) in [4.78, 5) is 36.1. The zero-order valence-corrected chi connectivity index (χ0v) is 11.4. The van der Waals surface area contributed by atoms with Gasteiger partial charge in [-0.2, -0.15) is 0 Å². The van der Waals surface area contributed by atoms with Crippen LogP contribution in [0.15, 0.2) is 36.4 Å². The van der Waals surface area contributed by atoms with Gasteiger partial charge in [-0.25, -0.2) is 4.90 Å². The van der Waals surface area contributed by atoms with Gasteiger partial charge in [-0.15, -0.1) is 0 Å². The fourth-order valence-electron chi connectivity index (χ4n) is 2.52. The molecule has 2 aromatic rings. The van der Waals surface area contributed by atoms with Crippen LogP contribution in [0.2, 0.25) is 0 Å². The van der Waals surface area contributed by atoms with Crippen LogP contribution in [0, 0.1) is 17.0 Å². The van der Waals surface area contributed by atoms with Crippen LogP contribution in [0.3, 0.4) is 0 Å². The van der Waals surface area contributed by atoms with E-state index in [0.717, 1.165) is 11.0 Å². The van der Waals surface area contributed by atoms with Crippen molar-refractivity contribution in [3.8, 4) is 5.75 Å². The maximum absolute atomic E-state index is 12.4. The maximum atomic E-state index is 12.4. The normalized spacial score (nSPS) is 13.4. The molecule has 2 aromatic carbocycles. The molecule has 0 atom stereocenters. The third-order valence-electron chi connectivity index (χ3n) is 3.53. The summed E-state index contributed by atoms with van der Waals surface area (Å²) in [5, 5.41) is 21.0. The second kappa shape index (κ2) is 4.66. The van der Waals surface area contributed by atoms with Crippen molar-refractivity contribution in [3.63, 3.8) is 0 Å². The van der Waals surface area contributed by atoms with Crippen LogP contribution in [-0.2, 0) is 0 Å². The number of carbonyl (C=O) groups excluding carboxylic acids is 2. The molecule has 7 heteroatoms. The second-order valence-corrected chi connectivity index (χ2v) is 4.85. The van der Waals surface area contributed by atoms with Crippen molar-refractivity contribution in [2.75, 3.05) is 4.90 Å². The quantitative estimate of drug-likeness (QED) is 0.521. The number of amides is 2. The summed E-state index contributed by atoms with van der Waals surface area (Å²) in [7, 11) is 0. The number of anilines is 1. The maximum Gasteiger partial charge on any atom is 0.334 e. The van der Waals surface area contributed by atoms with Crippen molar-refractivity contribution in [2.45, 2.75) is 6.92 Å². The van der Waals surface area contributed by atoms with Crippen LogP contribution in [0.4, 0.5) is 11.4 Å². The van der Waals surface area contributed by atoms with Gasteiger partial charge in [0, 0.05) is 0 Å². The first-order chi connectivity index (χ1) is 10.4. The number of carbonyl (C=O) groups is 2. The Balaban J connectivity index is 2.27. The van der Waals surface area contributed by atoms with E-state index in [-0.39, 0.29) is 16.8 Å². The van der Waals surface area contributed by atoms with Gasteiger partial charge in [0.2, 0.25) is 0 Å². The van der Waals surface area contributed by atoms with E-state index in [0.29, 0.717) is 5.56 Å². The minimum atomic E-state index is -0.804. The summed E-state index contributed by atoms with van der Waals surface area (Å²) >= 11 is 0. The minimum absolute atomic E-state index is 0.185. The molecular formula is C15H10N2O5. The molecule has 0 aliphatic carbocycles. The topological polar surface area (TPSA) is 101 Å². The number of rotatable bonds is 2. The predicted octanol–water partition coefficient (Wildman–Crippen LogP) is 2.41. The molecular weight excluding hydrogens is 288 g/mol. The van der Waals surface area contributed by atoms with Crippen LogP contribution in [0.5, 0.6) is 5.75 Å². The first kappa shape index (κ1) is 13.7. The number of aromatic hydroxyl groups is 1. The fourth-order valence-corrected chi connectivity index (χ4v) is 2.52. The highest BCUT2D eigenvalue weighted by atomic mass is 16.6. The van der Waals surface area contributed by atoms with Gasteiger partial charge in [-0.3, -0.25) is 19.7 Å². The molecule has 22 heavy (non-hydrogen) atoms. The number of fused-ring (bicyclic) bond motifs is 1. The number of nitro benzene ring substituents is 1. The van der Waals surface area contributed by atoms with Gasteiger partial charge in [0.05, 0.1) is 16.1 Å². The molecule has 110 valence electrons. The largest absolute Gasteiger partial charge is 0.502 e. The Morgan fingerprint density at radius 3 is 2.09 bits per heavy atom. The molecule has 0 saturated heterocycles. The summed E-state index contributed by atoms with van der Waals surface area (Å²) in [5.41, 5.74) is -0.140. The molecule has 0 bridgehead atoms. The van der Waals surface area contributed by atoms with E-state index >= 15 is 0 Å². The van der Waals surface area contributed by atoms with E-state index in [1.807, 2.05) is 0 Å². The fraction of sp³-hybridized carbons (Fsp3) is 0.0667. The molecule has 2 amide bonds. The highest BCUT2D eigenvalue weighted by molar-refractivity contribution is 6.35. The lowest BCUT2D eigenvalue weighted by Crippen LogP contribution is -2.30. The Hall–Kier alpha value is -3.22. The Kier molecular flexibility index (Phi) is 2.91. The number of nitro groups is 1. The molecule has 0 fully saturated rings. The Labute approximate surface area is 124 Å². The molecule has 0 saturated carbocycles. The average molecular weight is 298 g/mol. The predicted molar refractivity (Wildman–Crippen MR) is 77.1 cm³/mol. The number of phenols is 1. The van der Waals surface area contributed by atoms with E-state index in [4.69, 9.17) is 0 Å². The summed E-state index contributed by atoms with van der Waals surface area (Å²) in [6.07, 6.45) is 0. The first-order valence-corrected chi connectivity index (χ1v) is 6.38. The summed E-state index contributed by atoms with van der Waals surface area (Å²) in [5.74, 6) is -1.88. The summed E-state index contributed by atoms with van der Waals surface area (Å²) in [6, 6.07) is 8.77. The number of benzene rings is 2. The number of phenolic OH excluding ortho intramolecular Hbond substituents is 1. The average Bonchev–Trinajstić information content (AvgIpc) is 2.73. The number of nitrogens with zero attached hydrogens (tertiary/aromatic N) is 2. The Morgan fingerprint density at radius 2 is 1.59 bits per heavy atom. The van der Waals surface area contributed by atoms with Gasteiger partial charge < -0.3 is 5.11 Å². The minimum Gasteiger partial charge on any atom is -0.502 e. The van der Waals surface area contributed by atoms with Crippen molar-refractivity contribution >= 4 is 23.2 Å². The number of imide groups is 1. The molecule has 3 rings (SSSR count). The monoisotopic (exact) mass is 298 g/mol. The molecule has 0 unspecified atom stereocenters. The van der Waals surface area contributed by atoms with Crippen LogP contribution in [-0.4, -0.2) is 21.8 Å². The van der Waals surface area contributed by atoms with Crippen LogP contribution >= 0.6 is 0 Å². The number of aryl methyl sites for hydroxylation is 1. The summed E-state index contributed by atoms with van der Waals surface area (Å²) in [6.45, 7) is 1.53. The molecule has 1 aliphatic rings. The lowest BCUT2D eigenvalue weighted by molar-refractivity contribution is -0.385. The number of hydrogen-bond donors (Lipinski definition) is 1. The molecule has 7 nitrogen and oxygen atoms in total. The van der Waals surface area contributed by atoms with E-state index in [2.05, 4.69) is 0 Å². The van der Waals surface area contributed by atoms with E-state index in [9.17, 15) is 24.8 Å². The molecule has 1 N–H and O–H groups in total. The molecule has 1 heterocycles. The van der Waals surface area contributed by atoms with Crippen LogP contribution in [0.25, 0.3) is 0 Å². The number of hydrogen-bond acceptors (Lipinski definition) is 5. The third kappa shape index (κ3) is 1.76. The van der Waals surface area contributed by atoms with E-state index in [1.165, 1.54) is 25.1 Å². The van der Waals surface area contributed by atoms with Gasteiger partial charge in [0.1, 0.15) is 5.69 Å². The van der Waals surface area contributed by atoms with Gasteiger partial charge in [-0.1, -0.05) is 18.2 Å². The molecule has 1 aliphatic heterocycles. The smallest absolute Gasteiger partial charge is 0.334 e. The van der Waals surface area contributed by atoms with Crippen molar-refractivity contribution < 1.29 is 19.6 Å². The highest BCUT2D eigenvalue weighted by Gasteiger charge is 2.41. The third-order valence-corrected chi connectivity index (χ3v) is 3.53. The first-order valence-electron chi connectivity index (χ1n) is 6.38. The van der Waals surface area contributed by atoms with Crippen molar-refractivity contribution in [1.29, 1.82) is 0 Å². The van der Waals surface area contributed by atoms with Crippen molar-refractivity contribution in [1.82, 2.24) is 0 Å². The second-order valence-electron chi connectivity index (χ2n) is 4.85. The zero-order valence-electron chi connectivity index (χ0n) is 11.4. The standard InChI is InChI=1S/C15H10N2O5/c1-8-6-7-11(18)13(17(21)22)12(8)16-14(19)9-4-2-3-5-10(9)15(16)20/h2-7,18H,1H3. The molecule has 0 radical (unpaired) electrons. The van der Waals surface area contributed by atoms with Gasteiger partial charge in [-0.05, 0) is 30.7 Å².